The lowest BCUT2D eigenvalue weighted by molar-refractivity contribution is 0.370. The molecule has 0 saturated heterocycles. The fourth-order valence-electron chi connectivity index (χ4n) is 3.04. The van der Waals surface area contributed by atoms with Crippen molar-refractivity contribution in [3.05, 3.63) is 29.8 Å². The Balaban J connectivity index is 2.25. The van der Waals surface area contributed by atoms with Crippen molar-refractivity contribution >= 4 is 0 Å². The van der Waals surface area contributed by atoms with Crippen molar-refractivity contribution in [2.45, 2.75) is 51.5 Å². The van der Waals surface area contributed by atoms with Crippen molar-refractivity contribution in [1.29, 1.82) is 0 Å². The fraction of sp³-hybridized carbons (Fsp3) is 0.647. The highest BCUT2D eigenvalue weighted by molar-refractivity contribution is 5.45. The summed E-state index contributed by atoms with van der Waals surface area (Å²) in [6, 6.07) is 8.50. The first-order chi connectivity index (χ1) is 8.93. The van der Waals surface area contributed by atoms with Crippen LogP contribution in [0.5, 0.6) is 5.75 Å². The zero-order valence-electron chi connectivity index (χ0n) is 12.9. The predicted molar refractivity (Wildman–Crippen MR) is 80.8 cm³/mol. The molecule has 1 aliphatic carbocycles. The summed E-state index contributed by atoms with van der Waals surface area (Å²) in [6.45, 7) is 10.0. The molecule has 0 aromatic heterocycles. The van der Waals surface area contributed by atoms with Crippen LogP contribution in [0.15, 0.2) is 24.3 Å². The molecule has 1 aliphatic rings. The van der Waals surface area contributed by atoms with E-state index in [0.717, 1.165) is 18.2 Å². The molecule has 0 radical (unpaired) electrons. The van der Waals surface area contributed by atoms with Gasteiger partial charge in [-0.2, -0.15) is 0 Å². The maximum atomic E-state index is 5.57. The molecule has 1 fully saturated rings. The molecule has 106 valence electrons. The molecule has 2 rings (SSSR count). The van der Waals surface area contributed by atoms with E-state index in [2.05, 4.69) is 57.3 Å². The fourth-order valence-corrected chi connectivity index (χ4v) is 3.04. The zero-order chi connectivity index (χ0) is 14.1. The van der Waals surface area contributed by atoms with Gasteiger partial charge in [0, 0.05) is 23.1 Å². The summed E-state index contributed by atoms with van der Waals surface area (Å²) in [5, 5.41) is 3.68. The number of benzene rings is 1. The Hall–Kier alpha value is -1.02. The van der Waals surface area contributed by atoms with E-state index in [1.807, 2.05) is 0 Å². The van der Waals surface area contributed by atoms with Gasteiger partial charge in [-0.15, -0.1) is 0 Å². The van der Waals surface area contributed by atoms with Gasteiger partial charge in [-0.25, -0.2) is 0 Å². The van der Waals surface area contributed by atoms with Crippen LogP contribution in [0.3, 0.4) is 0 Å². The van der Waals surface area contributed by atoms with E-state index in [-0.39, 0.29) is 11.0 Å². The smallest absolute Gasteiger partial charge is 0.122 e. The third-order valence-corrected chi connectivity index (χ3v) is 4.30. The summed E-state index contributed by atoms with van der Waals surface area (Å²) < 4.78 is 5.57. The Morgan fingerprint density at radius 3 is 2.53 bits per heavy atom. The van der Waals surface area contributed by atoms with Gasteiger partial charge in [0.2, 0.25) is 0 Å². The molecule has 2 unspecified atom stereocenters. The molecule has 19 heavy (non-hydrogen) atoms. The lowest BCUT2D eigenvalue weighted by Gasteiger charge is -2.27. The first-order valence-electron chi connectivity index (χ1n) is 7.31. The Bertz CT molecular complexity index is 435. The molecule has 1 saturated carbocycles. The second kappa shape index (κ2) is 5.16. The standard InChI is InChI=1S/C17H27NO/c1-6-13-11-17(13,12-18-16(2,3)4)14-9-7-8-10-15(14)19-5/h7-10,13,18H,6,11-12H2,1-5H3. The maximum Gasteiger partial charge on any atom is 0.122 e. The molecule has 1 N–H and O–H groups in total. The van der Waals surface area contributed by atoms with Crippen molar-refractivity contribution in [1.82, 2.24) is 5.32 Å². The van der Waals surface area contributed by atoms with Crippen LogP contribution in [-0.2, 0) is 5.41 Å². The van der Waals surface area contributed by atoms with Crippen molar-refractivity contribution in [3.8, 4) is 5.75 Å². The Morgan fingerprint density at radius 2 is 2.00 bits per heavy atom. The number of hydrogen-bond acceptors (Lipinski definition) is 2. The van der Waals surface area contributed by atoms with E-state index in [4.69, 9.17) is 4.74 Å². The lowest BCUT2D eigenvalue weighted by Crippen LogP contribution is -2.41. The Kier molecular flexibility index (Phi) is 3.91. The highest BCUT2D eigenvalue weighted by Crippen LogP contribution is 2.57. The van der Waals surface area contributed by atoms with Crippen LogP contribution >= 0.6 is 0 Å². The summed E-state index contributed by atoms with van der Waals surface area (Å²) in [5.74, 6) is 1.81. The van der Waals surface area contributed by atoms with Gasteiger partial charge in [-0.1, -0.05) is 31.5 Å². The van der Waals surface area contributed by atoms with Crippen LogP contribution < -0.4 is 10.1 Å². The molecule has 0 amide bonds. The summed E-state index contributed by atoms with van der Waals surface area (Å²) >= 11 is 0. The van der Waals surface area contributed by atoms with E-state index in [9.17, 15) is 0 Å². The van der Waals surface area contributed by atoms with Gasteiger partial charge in [0.1, 0.15) is 5.75 Å². The van der Waals surface area contributed by atoms with Crippen LogP contribution in [0, 0.1) is 5.92 Å². The third kappa shape index (κ3) is 2.94. The maximum absolute atomic E-state index is 5.57. The van der Waals surface area contributed by atoms with E-state index >= 15 is 0 Å². The highest BCUT2D eigenvalue weighted by atomic mass is 16.5. The molecule has 2 atom stereocenters. The predicted octanol–water partition coefficient (Wildman–Crippen LogP) is 3.75. The molecule has 1 aromatic carbocycles. The minimum atomic E-state index is 0.163. The second-order valence-corrected chi connectivity index (χ2v) is 6.77. The van der Waals surface area contributed by atoms with Crippen molar-refractivity contribution in [2.24, 2.45) is 5.92 Å². The topological polar surface area (TPSA) is 21.3 Å². The van der Waals surface area contributed by atoms with Crippen molar-refractivity contribution in [3.63, 3.8) is 0 Å². The van der Waals surface area contributed by atoms with Gasteiger partial charge < -0.3 is 10.1 Å². The van der Waals surface area contributed by atoms with Crippen LogP contribution in [0.4, 0.5) is 0 Å². The van der Waals surface area contributed by atoms with Gasteiger partial charge in [0.05, 0.1) is 7.11 Å². The van der Waals surface area contributed by atoms with Crippen molar-refractivity contribution in [2.75, 3.05) is 13.7 Å². The quantitative estimate of drug-likeness (QED) is 0.871. The Morgan fingerprint density at radius 1 is 1.32 bits per heavy atom. The van der Waals surface area contributed by atoms with Gasteiger partial charge in [-0.05, 0) is 39.2 Å². The van der Waals surface area contributed by atoms with Crippen LogP contribution in [0.25, 0.3) is 0 Å². The molecule has 2 nitrogen and oxygen atoms in total. The molecule has 1 aromatic rings. The van der Waals surface area contributed by atoms with Crippen molar-refractivity contribution < 1.29 is 4.74 Å². The second-order valence-electron chi connectivity index (χ2n) is 6.77. The van der Waals surface area contributed by atoms with Crippen LogP contribution in [0.1, 0.15) is 46.1 Å². The number of para-hydroxylation sites is 1. The first kappa shape index (κ1) is 14.4. The van der Waals surface area contributed by atoms with E-state index in [1.54, 1.807) is 7.11 Å². The normalized spacial score (nSPS) is 26.3. The van der Waals surface area contributed by atoms with Gasteiger partial charge in [0.15, 0.2) is 0 Å². The number of methoxy groups -OCH3 is 1. The lowest BCUT2D eigenvalue weighted by atomic mass is 9.90. The molecule has 0 aliphatic heterocycles. The van der Waals surface area contributed by atoms with Gasteiger partial charge >= 0.3 is 0 Å². The number of ether oxygens (including phenoxy) is 1. The monoisotopic (exact) mass is 261 g/mol. The summed E-state index contributed by atoms with van der Waals surface area (Å²) in [4.78, 5) is 0. The SMILES string of the molecule is CCC1CC1(CNC(C)(C)C)c1ccccc1OC. The molecular formula is C17H27NO. The van der Waals surface area contributed by atoms with E-state index < -0.39 is 0 Å². The number of hydrogen-bond donors (Lipinski definition) is 1. The zero-order valence-corrected chi connectivity index (χ0v) is 12.9. The van der Waals surface area contributed by atoms with Gasteiger partial charge in [0.25, 0.3) is 0 Å². The molecule has 0 spiro atoms. The first-order valence-corrected chi connectivity index (χ1v) is 7.31. The minimum absolute atomic E-state index is 0.163. The largest absolute Gasteiger partial charge is 0.496 e. The molecular weight excluding hydrogens is 234 g/mol. The summed E-state index contributed by atoms with van der Waals surface area (Å²) in [6.07, 6.45) is 2.51. The average molecular weight is 261 g/mol. The average Bonchev–Trinajstić information content (AvgIpc) is 3.10. The third-order valence-electron chi connectivity index (χ3n) is 4.30. The molecule has 0 bridgehead atoms. The minimum Gasteiger partial charge on any atom is -0.496 e. The molecule has 0 heterocycles. The van der Waals surface area contributed by atoms with Crippen LogP contribution in [-0.4, -0.2) is 19.2 Å². The summed E-state index contributed by atoms with van der Waals surface area (Å²) in [5.41, 5.74) is 1.81. The Labute approximate surface area is 117 Å². The highest BCUT2D eigenvalue weighted by Gasteiger charge is 2.55. The number of rotatable bonds is 5. The molecule has 2 heteroatoms. The van der Waals surface area contributed by atoms with Crippen LogP contribution in [0.2, 0.25) is 0 Å². The van der Waals surface area contributed by atoms with E-state index in [1.165, 1.54) is 18.4 Å². The van der Waals surface area contributed by atoms with Gasteiger partial charge in [-0.3, -0.25) is 0 Å². The summed E-state index contributed by atoms with van der Waals surface area (Å²) in [7, 11) is 1.77. The van der Waals surface area contributed by atoms with E-state index in [0.29, 0.717) is 0 Å². The number of nitrogens with one attached hydrogen (secondary N) is 1.